The molecule has 0 aliphatic rings. The van der Waals surface area contributed by atoms with Gasteiger partial charge >= 0.3 is 6.18 Å². The molecule has 0 atom stereocenters. The summed E-state index contributed by atoms with van der Waals surface area (Å²) >= 11 is 1.00. The second-order valence-corrected chi connectivity index (χ2v) is 5.07. The molecule has 0 aliphatic heterocycles. The lowest BCUT2D eigenvalue weighted by Crippen LogP contribution is -2.14. The summed E-state index contributed by atoms with van der Waals surface area (Å²) in [5.41, 5.74) is -0.488. The summed E-state index contributed by atoms with van der Waals surface area (Å²) < 4.78 is 51.2. The third kappa shape index (κ3) is 4.19. The van der Waals surface area contributed by atoms with E-state index in [1.807, 2.05) is 0 Å². The van der Waals surface area contributed by atoms with E-state index in [0.29, 0.717) is 12.2 Å². The van der Waals surface area contributed by atoms with Crippen LogP contribution in [0.5, 0.6) is 0 Å². The molecule has 0 aromatic carbocycles. The Kier molecular flexibility index (Phi) is 5.55. The molecule has 20 heavy (non-hydrogen) atoms. The topological polar surface area (TPSA) is 29.9 Å². The maximum absolute atomic E-state index is 12.7. The Hall–Kier alpha value is -1.12. The average Bonchev–Trinajstić information content (AvgIpc) is 2.86. The third-order valence-corrected chi connectivity index (χ3v) is 3.38. The molecule has 2 aromatic rings. The summed E-state index contributed by atoms with van der Waals surface area (Å²) in [5.74, 6) is 0. The van der Waals surface area contributed by atoms with Crippen LogP contribution in [-0.4, -0.2) is 9.78 Å². The van der Waals surface area contributed by atoms with Crippen LogP contribution in [0.1, 0.15) is 16.3 Å². The standard InChI is InChI=1S/C11H11F4N3S.ClH/c1-18-7(4-9(17-18)11(13,14)15)5-16-6-8-2-3-10(12)19-8;/h2-4,16H,5-6H2,1H3;1H. The molecule has 0 radical (unpaired) electrons. The van der Waals surface area contributed by atoms with Crippen molar-refractivity contribution in [3.63, 3.8) is 0 Å². The largest absolute Gasteiger partial charge is 0.435 e. The smallest absolute Gasteiger partial charge is 0.306 e. The molecule has 0 amide bonds. The van der Waals surface area contributed by atoms with Crippen molar-refractivity contribution in [2.24, 2.45) is 7.05 Å². The van der Waals surface area contributed by atoms with Crippen LogP contribution in [0.4, 0.5) is 17.6 Å². The molecule has 2 heterocycles. The van der Waals surface area contributed by atoms with Gasteiger partial charge in [-0.25, -0.2) is 0 Å². The number of thiophene rings is 1. The molecule has 0 unspecified atom stereocenters. The van der Waals surface area contributed by atoms with E-state index in [4.69, 9.17) is 0 Å². The maximum Gasteiger partial charge on any atom is 0.435 e. The van der Waals surface area contributed by atoms with E-state index in [9.17, 15) is 17.6 Å². The van der Waals surface area contributed by atoms with Gasteiger partial charge in [-0.15, -0.1) is 23.7 Å². The highest BCUT2D eigenvalue weighted by Gasteiger charge is 2.34. The van der Waals surface area contributed by atoms with Gasteiger partial charge in [-0.1, -0.05) is 0 Å². The lowest BCUT2D eigenvalue weighted by molar-refractivity contribution is -0.141. The van der Waals surface area contributed by atoms with Crippen LogP contribution in [0.15, 0.2) is 18.2 Å². The van der Waals surface area contributed by atoms with E-state index < -0.39 is 11.9 Å². The van der Waals surface area contributed by atoms with Crippen molar-refractivity contribution in [2.75, 3.05) is 0 Å². The van der Waals surface area contributed by atoms with E-state index in [-0.39, 0.29) is 24.1 Å². The van der Waals surface area contributed by atoms with Crippen molar-refractivity contribution >= 4 is 23.7 Å². The fraction of sp³-hybridized carbons (Fsp3) is 0.364. The second-order valence-electron chi connectivity index (χ2n) is 3.95. The summed E-state index contributed by atoms with van der Waals surface area (Å²) in [6.45, 7) is 0.639. The van der Waals surface area contributed by atoms with Crippen LogP contribution < -0.4 is 5.32 Å². The first-order valence-corrected chi connectivity index (χ1v) is 6.23. The minimum atomic E-state index is -4.44. The summed E-state index contributed by atoms with van der Waals surface area (Å²) in [4.78, 5) is 0.788. The maximum atomic E-state index is 12.7. The molecule has 112 valence electrons. The predicted octanol–water partition coefficient (Wildman–Crippen LogP) is 3.35. The Morgan fingerprint density at radius 3 is 2.50 bits per heavy atom. The lowest BCUT2D eigenvalue weighted by atomic mass is 10.3. The number of hydrogen-bond donors (Lipinski definition) is 1. The van der Waals surface area contributed by atoms with Crippen LogP contribution in [0.25, 0.3) is 0 Å². The van der Waals surface area contributed by atoms with Crippen LogP contribution in [0, 0.1) is 5.13 Å². The van der Waals surface area contributed by atoms with Crippen LogP contribution >= 0.6 is 23.7 Å². The number of halogens is 5. The first-order valence-electron chi connectivity index (χ1n) is 5.41. The average molecular weight is 330 g/mol. The fourth-order valence-corrected chi connectivity index (χ4v) is 2.27. The van der Waals surface area contributed by atoms with Gasteiger partial charge in [0.1, 0.15) is 0 Å². The Labute approximate surface area is 123 Å². The highest BCUT2D eigenvalue weighted by atomic mass is 35.5. The Balaban J connectivity index is 0.00000200. The fourth-order valence-electron chi connectivity index (χ4n) is 1.57. The summed E-state index contributed by atoms with van der Waals surface area (Å²) in [7, 11) is 1.46. The number of rotatable bonds is 4. The van der Waals surface area contributed by atoms with Gasteiger partial charge in [-0.05, 0) is 18.2 Å². The van der Waals surface area contributed by atoms with Gasteiger partial charge in [0.05, 0.1) is 5.69 Å². The van der Waals surface area contributed by atoms with E-state index in [1.165, 1.54) is 17.8 Å². The van der Waals surface area contributed by atoms with E-state index in [2.05, 4.69) is 10.4 Å². The van der Waals surface area contributed by atoms with Gasteiger partial charge in [-0.3, -0.25) is 4.68 Å². The zero-order chi connectivity index (χ0) is 14.0. The van der Waals surface area contributed by atoms with Crippen molar-refractivity contribution in [3.05, 3.63) is 39.6 Å². The molecule has 0 bridgehead atoms. The molecule has 9 heteroatoms. The highest BCUT2D eigenvalue weighted by molar-refractivity contribution is 7.10. The zero-order valence-corrected chi connectivity index (χ0v) is 12.0. The molecule has 0 saturated heterocycles. The van der Waals surface area contributed by atoms with Gasteiger partial charge in [0.2, 0.25) is 0 Å². The van der Waals surface area contributed by atoms with E-state index in [0.717, 1.165) is 22.3 Å². The Morgan fingerprint density at radius 2 is 2.00 bits per heavy atom. The summed E-state index contributed by atoms with van der Waals surface area (Å²) in [6.07, 6.45) is -4.44. The van der Waals surface area contributed by atoms with Crippen molar-refractivity contribution in [1.82, 2.24) is 15.1 Å². The molecular weight excluding hydrogens is 318 g/mol. The first kappa shape index (κ1) is 16.9. The lowest BCUT2D eigenvalue weighted by Gasteiger charge is -2.02. The summed E-state index contributed by atoms with van der Waals surface area (Å²) in [6, 6.07) is 3.99. The molecule has 3 nitrogen and oxygen atoms in total. The molecule has 0 fully saturated rings. The van der Waals surface area contributed by atoms with Gasteiger partial charge in [0, 0.05) is 25.0 Å². The van der Waals surface area contributed by atoms with Gasteiger partial charge in [0.15, 0.2) is 10.8 Å². The van der Waals surface area contributed by atoms with Crippen molar-refractivity contribution in [1.29, 1.82) is 0 Å². The Morgan fingerprint density at radius 1 is 1.30 bits per heavy atom. The second kappa shape index (κ2) is 6.55. The minimum Gasteiger partial charge on any atom is -0.306 e. The number of nitrogens with zero attached hydrogens (tertiary/aromatic N) is 2. The van der Waals surface area contributed by atoms with Gasteiger partial charge in [0.25, 0.3) is 0 Å². The number of aromatic nitrogens is 2. The summed E-state index contributed by atoms with van der Waals surface area (Å²) in [5, 5.41) is 6.08. The quantitative estimate of drug-likeness (QED) is 0.872. The van der Waals surface area contributed by atoms with Crippen molar-refractivity contribution < 1.29 is 17.6 Å². The monoisotopic (exact) mass is 329 g/mol. The SMILES string of the molecule is Cl.Cn1nc(C(F)(F)F)cc1CNCc1ccc(F)s1. The van der Waals surface area contributed by atoms with Crippen LogP contribution in [0.3, 0.4) is 0 Å². The molecule has 1 N–H and O–H groups in total. The molecule has 0 aliphatic carbocycles. The highest BCUT2D eigenvalue weighted by Crippen LogP contribution is 2.28. The van der Waals surface area contributed by atoms with Gasteiger partial charge < -0.3 is 5.32 Å². The van der Waals surface area contributed by atoms with Gasteiger partial charge in [-0.2, -0.15) is 22.7 Å². The molecular formula is C11H12ClF4N3S. The normalized spacial score (nSPS) is 11.4. The molecule has 2 rings (SSSR count). The third-order valence-electron chi connectivity index (χ3n) is 2.50. The Bertz CT molecular complexity index is 564. The minimum absolute atomic E-state index is 0. The van der Waals surface area contributed by atoms with Crippen molar-refractivity contribution in [3.8, 4) is 0 Å². The molecule has 0 spiro atoms. The van der Waals surface area contributed by atoms with Crippen LogP contribution in [0.2, 0.25) is 0 Å². The van der Waals surface area contributed by atoms with Crippen molar-refractivity contribution in [2.45, 2.75) is 19.3 Å². The number of hydrogen-bond acceptors (Lipinski definition) is 3. The molecule has 0 saturated carbocycles. The first-order chi connectivity index (χ1) is 8.86. The predicted molar refractivity (Wildman–Crippen MR) is 70.3 cm³/mol. The van der Waals surface area contributed by atoms with E-state index >= 15 is 0 Å². The number of nitrogens with one attached hydrogen (secondary N) is 1. The number of alkyl halides is 3. The number of aryl methyl sites for hydroxylation is 1. The zero-order valence-electron chi connectivity index (χ0n) is 10.4. The molecule has 2 aromatic heterocycles. The van der Waals surface area contributed by atoms with E-state index in [1.54, 1.807) is 6.07 Å². The van der Waals surface area contributed by atoms with Crippen LogP contribution in [-0.2, 0) is 26.3 Å².